The van der Waals surface area contributed by atoms with Gasteiger partial charge in [0.25, 0.3) is 0 Å². The van der Waals surface area contributed by atoms with Crippen LogP contribution in [0.4, 0.5) is 8.78 Å². The molecule has 0 radical (unpaired) electrons. The molecule has 28 heavy (non-hydrogen) atoms. The maximum atomic E-state index is 14.2. The third-order valence-electron chi connectivity index (χ3n) is 4.68. The van der Waals surface area contributed by atoms with Gasteiger partial charge in [0.15, 0.2) is 5.96 Å². The Balaban J connectivity index is 2.07. The minimum atomic E-state index is -0.562. The molecule has 0 aliphatic rings. The van der Waals surface area contributed by atoms with Crippen LogP contribution < -0.4 is 10.6 Å². The molecule has 0 saturated heterocycles. The monoisotopic (exact) mass is 393 g/mol. The van der Waals surface area contributed by atoms with Gasteiger partial charge in [-0.15, -0.1) is 0 Å². The summed E-state index contributed by atoms with van der Waals surface area (Å²) in [6, 6.07) is 3.41. The summed E-state index contributed by atoms with van der Waals surface area (Å²) >= 11 is 0. The number of hydrogen-bond donors (Lipinski definition) is 2. The van der Waals surface area contributed by atoms with Crippen molar-refractivity contribution in [3.63, 3.8) is 0 Å². The highest BCUT2D eigenvalue weighted by molar-refractivity contribution is 5.79. The number of nitrogens with zero attached hydrogens (tertiary/aromatic N) is 3. The van der Waals surface area contributed by atoms with Crippen LogP contribution in [0.2, 0.25) is 0 Å². The molecule has 0 amide bonds. The Morgan fingerprint density at radius 1 is 1.18 bits per heavy atom. The van der Waals surface area contributed by atoms with Gasteiger partial charge in [0.2, 0.25) is 0 Å². The normalized spacial score (nSPS) is 13.1. The summed E-state index contributed by atoms with van der Waals surface area (Å²) in [5.74, 6) is 0.259. The molecule has 8 heteroatoms. The number of aliphatic imine (C=N–C) groups is 1. The zero-order chi connectivity index (χ0) is 20.7. The molecule has 1 heterocycles. The van der Waals surface area contributed by atoms with Crippen LogP contribution in [0.15, 0.2) is 27.7 Å². The smallest absolute Gasteiger partial charge is 0.191 e. The van der Waals surface area contributed by atoms with Crippen molar-refractivity contribution in [1.29, 1.82) is 0 Å². The number of hydrogen-bond acceptors (Lipinski definition) is 4. The van der Waals surface area contributed by atoms with E-state index in [0.29, 0.717) is 12.5 Å². The Labute approximate surface area is 165 Å². The Morgan fingerprint density at radius 2 is 1.86 bits per heavy atom. The van der Waals surface area contributed by atoms with E-state index in [9.17, 15) is 8.78 Å². The van der Waals surface area contributed by atoms with Crippen molar-refractivity contribution < 1.29 is 13.3 Å². The van der Waals surface area contributed by atoms with Gasteiger partial charge in [-0.3, -0.25) is 4.99 Å². The number of benzene rings is 1. The predicted octanol–water partition coefficient (Wildman–Crippen LogP) is 3.05. The molecule has 2 aromatic rings. The van der Waals surface area contributed by atoms with Crippen LogP contribution in [-0.2, 0) is 19.4 Å². The minimum absolute atomic E-state index is 0.0380. The molecule has 0 aliphatic heterocycles. The molecule has 6 nitrogen and oxygen atoms in total. The maximum Gasteiger partial charge on any atom is 0.191 e. The van der Waals surface area contributed by atoms with E-state index in [1.807, 2.05) is 13.8 Å². The van der Waals surface area contributed by atoms with Crippen molar-refractivity contribution in [2.24, 2.45) is 4.99 Å². The van der Waals surface area contributed by atoms with Crippen molar-refractivity contribution in [2.45, 2.75) is 39.3 Å². The second-order valence-electron chi connectivity index (χ2n) is 6.66. The number of guanidine groups is 1. The Bertz CT molecular complexity index is 762. The molecular weight excluding hydrogens is 364 g/mol. The van der Waals surface area contributed by atoms with E-state index < -0.39 is 17.7 Å². The van der Waals surface area contributed by atoms with Gasteiger partial charge >= 0.3 is 0 Å². The van der Waals surface area contributed by atoms with Crippen LogP contribution >= 0.6 is 0 Å². The van der Waals surface area contributed by atoms with E-state index in [1.54, 1.807) is 26.0 Å². The van der Waals surface area contributed by atoms with Crippen LogP contribution in [0.5, 0.6) is 0 Å². The van der Waals surface area contributed by atoms with E-state index >= 15 is 0 Å². The summed E-state index contributed by atoms with van der Waals surface area (Å²) in [4.78, 5) is 5.98. The SMILES string of the molecule is CCc1noc(CC)c1CNC(=NC)NCC(c1c(F)cccc1F)N(C)C. The third kappa shape index (κ3) is 5.07. The summed E-state index contributed by atoms with van der Waals surface area (Å²) < 4.78 is 33.8. The van der Waals surface area contributed by atoms with Gasteiger partial charge in [-0.25, -0.2) is 8.78 Å². The summed E-state index contributed by atoms with van der Waals surface area (Å²) in [5.41, 5.74) is 1.98. The first-order valence-corrected chi connectivity index (χ1v) is 9.43. The largest absolute Gasteiger partial charge is 0.361 e. The van der Waals surface area contributed by atoms with E-state index in [2.05, 4.69) is 20.8 Å². The lowest BCUT2D eigenvalue weighted by Crippen LogP contribution is -2.42. The second kappa shape index (κ2) is 10.2. The van der Waals surface area contributed by atoms with E-state index in [4.69, 9.17) is 4.52 Å². The van der Waals surface area contributed by atoms with Crippen LogP contribution in [-0.4, -0.2) is 43.7 Å². The van der Waals surface area contributed by atoms with Crippen LogP contribution in [0, 0.1) is 11.6 Å². The van der Waals surface area contributed by atoms with Crippen molar-refractivity contribution >= 4 is 5.96 Å². The maximum absolute atomic E-state index is 14.2. The van der Waals surface area contributed by atoms with Gasteiger partial charge in [0.05, 0.1) is 11.7 Å². The first-order valence-electron chi connectivity index (χ1n) is 9.43. The molecule has 1 unspecified atom stereocenters. The average molecular weight is 393 g/mol. The van der Waals surface area contributed by atoms with E-state index in [-0.39, 0.29) is 12.1 Å². The highest BCUT2D eigenvalue weighted by Crippen LogP contribution is 2.24. The second-order valence-corrected chi connectivity index (χ2v) is 6.66. The van der Waals surface area contributed by atoms with E-state index in [0.717, 1.165) is 29.9 Å². The van der Waals surface area contributed by atoms with Crippen molar-refractivity contribution in [2.75, 3.05) is 27.7 Å². The molecule has 1 atom stereocenters. The molecule has 0 saturated carbocycles. The highest BCUT2D eigenvalue weighted by atomic mass is 19.1. The van der Waals surface area contributed by atoms with Gasteiger partial charge in [0, 0.05) is 37.7 Å². The first kappa shape index (κ1) is 21.8. The quantitative estimate of drug-likeness (QED) is 0.533. The zero-order valence-electron chi connectivity index (χ0n) is 17.1. The topological polar surface area (TPSA) is 65.7 Å². The minimum Gasteiger partial charge on any atom is -0.361 e. The van der Waals surface area contributed by atoms with Gasteiger partial charge in [-0.1, -0.05) is 25.1 Å². The highest BCUT2D eigenvalue weighted by Gasteiger charge is 2.22. The van der Waals surface area contributed by atoms with Crippen LogP contribution in [0.25, 0.3) is 0 Å². The lowest BCUT2D eigenvalue weighted by atomic mass is 10.0. The van der Waals surface area contributed by atoms with Gasteiger partial charge in [-0.05, 0) is 32.6 Å². The molecular formula is C20H29F2N5O. The Morgan fingerprint density at radius 3 is 2.39 bits per heavy atom. The van der Waals surface area contributed by atoms with Crippen molar-refractivity contribution in [1.82, 2.24) is 20.7 Å². The van der Waals surface area contributed by atoms with Gasteiger partial charge < -0.3 is 20.1 Å². The van der Waals surface area contributed by atoms with Gasteiger partial charge in [-0.2, -0.15) is 0 Å². The van der Waals surface area contributed by atoms with E-state index in [1.165, 1.54) is 18.2 Å². The Kier molecular flexibility index (Phi) is 7.92. The van der Waals surface area contributed by atoms with Crippen LogP contribution in [0.1, 0.15) is 42.5 Å². The molecule has 0 fully saturated rings. The fourth-order valence-electron chi connectivity index (χ4n) is 3.10. The number of likely N-dealkylation sites (N-methyl/N-ethyl adjacent to an activating group) is 1. The first-order chi connectivity index (χ1) is 13.4. The lowest BCUT2D eigenvalue weighted by Gasteiger charge is -2.26. The fourth-order valence-corrected chi connectivity index (χ4v) is 3.10. The summed E-state index contributed by atoms with van der Waals surface area (Å²) in [7, 11) is 5.22. The Hall–Kier alpha value is -2.48. The molecule has 0 aliphatic carbocycles. The number of aryl methyl sites for hydroxylation is 2. The predicted molar refractivity (Wildman–Crippen MR) is 106 cm³/mol. The van der Waals surface area contributed by atoms with Crippen LogP contribution in [0.3, 0.4) is 0 Å². The molecule has 154 valence electrons. The zero-order valence-corrected chi connectivity index (χ0v) is 17.1. The number of halogens is 2. The molecule has 0 spiro atoms. The summed E-state index contributed by atoms with van der Waals surface area (Å²) in [6.07, 6.45) is 1.53. The molecule has 2 N–H and O–H groups in total. The summed E-state index contributed by atoms with van der Waals surface area (Å²) in [5, 5.41) is 10.5. The number of rotatable bonds is 8. The van der Waals surface area contributed by atoms with Gasteiger partial charge in [0.1, 0.15) is 17.4 Å². The molecule has 2 rings (SSSR count). The molecule has 1 aromatic heterocycles. The van der Waals surface area contributed by atoms with Crippen molar-refractivity contribution in [3.05, 3.63) is 52.4 Å². The molecule has 1 aromatic carbocycles. The summed E-state index contributed by atoms with van der Waals surface area (Å²) in [6.45, 7) is 4.84. The molecule has 0 bridgehead atoms. The van der Waals surface area contributed by atoms with Crippen molar-refractivity contribution in [3.8, 4) is 0 Å². The fraction of sp³-hybridized carbons (Fsp3) is 0.500. The third-order valence-corrected chi connectivity index (χ3v) is 4.68. The standard InChI is InChI=1S/C20H29F2N5O/c1-6-16-13(18(7-2)28-26-16)11-24-20(23-3)25-12-17(27(4)5)19-14(21)9-8-10-15(19)22/h8-10,17H,6-7,11-12H2,1-5H3,(H2,23,24,25). The number of nitrogens with one attached hydrogen (secondary N) is 2. The average Bonchev–Trinajstić information content (AvgIpc) is 3.07. The number of aromatic nitrogens is 1. The lowest BCUT2D eigenvalue weighted by molar-refractivity contribution is 0.282.